The molecule has 20 heavy (non-hydrogen) atoms. The van der Waals surface area contributed by atoms with E-state index >= 15 is 0 Å². The van der Waals surface area contributed by atoms with E-state index in [0.29, 0.717) is 5.75 Å². The van der Waals surface area contributed by atoms with E-state index < -0.39 is 0 Å². The van der Waals surface area contributed by atoms with Crippen molar-refractivity contribution in [3.8, 4) is 5.75 Å². The molecule has 0 bridgehead atoms. The first-order chi connectivity index (χ1) is 9.61. The van der Waals surface area contributed by atoms with E-state index in [2.05, 4.69) is 5.32 Å². The number of aromatic hydroxyl groups is 1. The van der Waals surface area contributed by atoms with Crippen LogP contribution >= 0.6 is 11.8 Å². The quantitative estimate of drug-likeness (QED) is 0.828. The van der Waals surface area contributed by atoms with E-state index in [1.54, 1.807) is 6.07 Å². The summed E-state index contributed by atoms with van der Waals surface area (Å²) in [5, 5.41) is 14.6. The predicted molar refractivity (Wildman–Crippen MR) is 84.2 cm³/mol. The summed E-state index contributed by atoms with van der Waals surface area (Å²) in [4.78, 5) is 12.8. The number of fused-ring (bicyclic) bond motifs is 1. The Kier molecular flexibility index (Phi) is 4.90. The van der Waals surface area contributed by atoms with E-state index in [-0.39, 0.29) is 17.7 Å². The van der Waals surface area contributed by atoms with E-state index in [9.17, 15) is 9.90 Å². The first kappa shape index (κ1) is 14.7. The first-order valence-corrected chi connectivity index (χ1v) is 7.73. The van der Waals surface area contributed by atoms with E-state index in [0.717, 1.165) is 22.1 Å². The van der Waals surface area contributed by atoms with Crippen molar-refractivity contribution in [3.05, 3.63) is 36.4 Å². The summed E-state index contributed by atoms with van der Waals surface area (Å²) < 4.78 is 0. The van der Waals surface area contributed by atoms with Crippen LogP contribution in [0, 0.1) is 0 Å². The largest absolute Gasteiger partial charge is 0.507 e. The molecule has 0 fully saturated rings. The normalized spacial score (nSPS) is 12.3. The third-order valence-corrected chi connectivity index (χ3v) is 4.31. The Balaban J connectivity index is 2.11. The lowest BCUT2D eigenvalue weighted by molar-refractivity contribution is -0.119. The number of hydrogen-bond donors (Lipinski definition) is 2. The zero-order valence-corrected chi connectivity index (χ0v) is 12.5. The molecule has 0 radical (unpaired) electrons. The molecule has 2 rings (SSSR count). The lowest BCUT2D eigenvalue weighted by Gasteiger charge is -2.12. The van der Waals surface area contributed by atoms with Gasteiger partial charge in [-0.3, -0.25) is 4.79 Å². The van der Waals surface area contributed by atoms with E-state index in [1.165, 1.54) is 11.8 Å². The maximum atomic E-state index is 11.8. The molecule has 0 aliphatic heterocycles. The third-order valence-electron chi connectivity index (χ3n) is 3.24. The summed E-state index contributed by atoms with van der Waals surface area (Å²) in [6.45, 7) is 4.05. The van der Waals surface area contributed by atoms with Gasteiger partial charge in [-0.15, -0.1) is 11.8 Å². The molecule has 2 aromatic rings. The van der Waals surface area contributed by atoms with E-state index in [1.807, 2.05) is 44.2 Å². The number of nitrogens with one attached hydrogen (secondary N) is 1. The van der Waals surface area contributed by atoms with Crippen molar-refractivity contribution < 1.29 is 9.90 Å². The summed E-state index contributed by atoms with van der Waals surface area (Å²) in [7, 11) is 0. The van der Waals surface area contributed by atoms with Gasteiger partial charge in [-0.05, 0) is 30.9 Å². The number of rotatable bonds is 5. The maximum absolute atomic E-state index is 11.8. The van der Waals surface area contributed by atoms with Crippen LogP contribution in [0.25, 0.3) is 10.8 Å². The first-order valence-electron chi connectivity index (χ1n) is 6.74. The zero-order chi connectivity index (χ0) is 14.5. The lowest BCUT2D eigenvalue weighted by Crippen LogP contribution is -2.33. The Hall–Kier alpha value is -1.68. The summed E-state index contributed by atoms with van der Waals surface area (Å²) >= 11 is 1.50. The van der Waals surface area contributed by atoms with E-state index in [4.69, 9.17) is 0 Å². The van der Waals surface area contributed by atoms with Gasteiger partial charge in [-0.25, -0.2) is 0 Å². The molecule has 4 heteroatoms. The van der Waals surface area contributed by atoms with Crippen molar-refractivity contribution in [2.24, 2.45) is 0 Å². The van der Waals surface area contributed by atoms with Crippen molar-refractivity contribution in [2.75, 3.05) is 5.75 Å². The Morgan fingerprint density at radius 2 is 1.95 bits per heavy atom. The van der Waals surface area contributed by atoms with Crippen molar-refractivity contribution in [2.45, 2.75) is 31.2 Å². The molecule has 1 atom stereocenters. The summed E-state index contributed by atoms with van der Waals surface area (Å²) in [6.07, 6.45) is 0.929. The van der Waals surface area contributed by atoms with Gasteiger partial charge in [0, 0.05) is 16.3 Å². The minimum Gasteiger partial charge on any atom is -0.507 e. The molecule has 2 N–H and O–H groups in total. The Bertz CT molecular complexity index is 612. The van der Waals surface area contributed by atoms with Gasteiger partial charge in [-0.2, -0.15) is 0 Å². The number of phenols is 1. The number of phenolic OH excluding ortho intramolecular Hbond substituents is 1. The standard InChI is InChI=1S/C16H19NO2S/c1-3-11(2)17-16(19)10-20-15-9-8-14(18)12-6-4-5-7-13(12)15/h4-9,11,18H,3,10H2,1-2H3,(H,17,19). The van der Waals surface area contributed by atoms with Crippen LogP contribution in [0.5, 0.6) is 5.75 Å². The molecule has 0 aliphatic rings. The fraction of sp³-hybridized carbons (Fsp3) is 0.312. The summed E-state index contributed by atoms with van der Waals surface area (Å²) in [5.74, 6) is 0.703. The molecule has 1 unspecified atom stereocenters. The molecule has 0 heterocycles. The Morgan fingerprint density at radius 1 is 1.25 bits per heavy atom. The molecular formula is C16H19NO2S. The number of thioether (sulfide) groups is 1. The molecule has 0 saturated heterocycles. The Labute approximate surface area is 123 Å². The second-order valence-corrected chi connectivity index (χ2v) is 5.81. The van der Waals surface area contributed by atoms with Crippen LogP contribution in [-0.2, 0) is 4.79 Å². The predicted octanol–water partition coefficient (Wildman–Crippen LogP) is 3.55. The van der Waals surface area contributed by atoms with Gasteiger partial charge in [0.25, 0.3) is 0 Å². The third kappa shape index (κ3) is 3.45. The van der Waals surface area contributed by atoms with Gasteiger partial charge in [0.15, 0.2) is 0 Å². The van der Waals surface area contributed by atoms with Crippen LogP contribution in [0.3, 0.4) is 0 Å². The van der Waals surface area contributed by atoms with Crippen molar-refractivity contribution >= 4 is 28.4 Å². The second kappa shape index (κ2) is 6.66. The molecule has 3 nitrogen and oxygen atoms in total. The number of carbonyl (C=O) groups excluding carboxylic acids is 1. The van der Waals surface area contributed by atoms with Crippen molar-refractivity contribution in [1.29, 1.82) is 0 Å². The Morgan fingerprint density at radius 3 is 2.65 bits per heavy atom. The topological polar surface area (TPSA) is 49.3 Å². The number of amides is 1. The fourth-order valence-corrected chi connectivity index (χ4v) is 2.81. The number of hydrogen-bond acceptors (Lipinski definition) is 3. The maximum Gasteiger partial charge on any atom is 0.230 e. The lowest BCUT2D eigenvalue weighted by atomic mass is 10.1. The average Bonchev–Trinajstić information content (AvgIpc) is 2.46. The molecule has 1 amide bonds. The summed E-state index contributed by atoms with van der Waals surface area (Å²) in [5.41, 5.74) is 0. The van der Waals surface area contributed by atoms with Gasteiger partial charge in [-0.1, -0.05) is 31.2 Å². The molecule has 2 aromatic carbocycles. The number of benzene rings is 2. The molecule has 0 spiro atoms. The SMILES string of the molecule is CCC(C)NC(=O)CSc1ccc(O)c2ccccc12. The minimum atomic E-state index is 0.0431. The van der Waals surface area contributed by atoms with Crippen LogP contribution < -0.4 is 5.32 Å². The average molecular weight is 289 g/mol. The molecule has 0 aromatic heterocycles. The van der Waals surface area contributed by atoms with Crippen LogP contribution in [0.15, 0.2) is 41.3 Å². The monoisotopic (exact) mass is 289 g/mol. The summed E-state index contributed by atoms with van der Waals surface area (Å²) in [6, 6.07) is 11.4. The molecular weight excluding hydrogens is 270 g/mol. The van der Waals surface area contributed by atoms with Gasteiger partial charge in [0.2, 0.25) is 5.91 Å². The van der Waals surface area contributed by atoms with Crippen LogP contribution in [0.1, 0.15) is 20.3 Å². The van der Waals surface area contributed by atoms with Gasteiger partial charge < -0.3 is 10.4 Å². The number of carbonyl (C=O) groups is 1. The van der Waals surface area contributed by atoms with Crippen molar-refractivity contribution in [1.82, 2.24) is 5.32 Å². The highest BCUT2D eigenvalue weighted by Gasteiger charge is 2.09. The smallest absolute Gasteiger partial charge is 0.230 e. The fourth-order valence-electron chi connectivity index (χ4n) is 1.94. The highest BCUT2D eigenvalue weighted by Crippen LogP contribution is 2.33. The van der Waals surface area contributed by atoms with Crippen LogP contribution in [-0.4, -0.2) is 22.8 Å². The van der Waals surface area contributed by atoms with Crippen LogP contribution in [0.2, 0.25) is 0 Å². The minimum absolute atomic E-state index is 0.0431. The molecule has 0 aliphatic carbocycles. The van der Waals surface area contributed by atoms with Gasteiger partial charge in [0.1, 0.15) is 5.75 Å². The molecule has 106 valence electrons. The van der Waals surface area contributed by atoms with Gasteiger partial charge in [0.05, 0.1) is 5.75 Å². The highest BCUT2D eigenvalue weighted by molar-refractivity contribution is 8.00. The highest BCUT2D eigenvalue weighted by atomic mass is 32.2. The zero-order valence-electron chi connectivity index (χ0n) is 11.7. The van der Waals surface area contributed by atoms with Crippen molar-refractivity contribution in [3.63, 3.8) is 0 Å². The second-order valence-electron chi connectivity index (χ2n) is 4.79. The van der Waals surface area contributed by atoms with Gasteiger partial charge >= 0.3 is 0 Å². The molecule has 0 saturated carbocycles. The van der Waals surface area contributed by atoms with Crippen LogP contribution in [0.4, 0.5) is 0 Å².